The lowest BCUT2D eigenvalue weighted by Gasteiger charge is -2.15. The molecule has 1 heterocycles. The maximum atomic E-state index is 5.54. The second kappa shape index (κ2) is 6.12. The van der Waals surface area contributed by atoms with Crippen molar-refractivity contribution in [2.75, 3.05) is 13.7 Å². The van der Waals surface area contributed by atoms with Crippen LogP contribution in [0.2, 0.25) is 0 Å². The van der Waals surface area contributed by atoms with Crippen molar-refractivity contribution in [3.05, 3.63) is 11.7 Å². The van der Waals surface area contributed by atoms with Crippen molar-refractivity contribution in [1.82, 2.24) is 10.1 Å². The molecule has 17 heavy (non-hydrogen) atoms. The van der Waals surface area contributed by atoms with E-state index in [1.807, 2.05) is 0 Å². The van der Waals surface area contributed by atoms with Crippen LogP contribution in [0.5, 0.6) is 0 Å². The predicted molar refractivity (Wildman–Crippen MR) is 65.6 cm³/mol. The van der Waals surface area contributed by atoms with Gasteiger partial charge in [0, 0.05) is 20.1 Å². The van der Waals surface area contributed by atoms with Gasteiger partial charge in [-0.25, -0.2) is 0 Å². The van der Waals surface area contributed by atoms with Crippen molar-refractivity contribution in [3.8, 4) is 0 Å². The number of nitrogens with zero attached hydrogens (tertiary/aromatic N) is 2. The van der Waals surface area contributed by atoms with Crippen LogP contribution in [0.4, 0.5) is 0 Å². The van der Waals surface area contributed by atoms with E-state index in [-0.39, 0.29) is 11.5 Å². The fourth-order valence-corrected chi connectivity index (χ4v) is 1.42. The van der Waals surface area contributed by atoms with Crippen molar-refractivity contribution < 1.29 is 9.26 Å². The number of hydrogen-bond acceptors (Lipinski definition) is 5. The van der Waals surface area contributed by atoms with E-state index in [9.17, 15) is 0 Å². The monoisotopic (exact) mass is 241 g/mol. The maximum absolute atomic E-state index is 5.54. The molecule has 0 spiro atoms. The third kappa shape index (κ3) is 5.28. The molecule has 2 N–H and O–H groups in total. The van der Waals surface area contributed by atoms with Gasteiger partial charge in [-0.15, -0.1) is 0 Å². The van der Waals surface area contributed by atoms with Gasteiger partial charge in [-0.2, -0.15) is 4.98 Å². The Morgan fingerprint density at radius 1 is 1.41 bits per heavy atom. The molecule has 1 atom stereocenters. The van der Waals surface area contributed by atoms with E-state index in [2.05, 4.69) is 30.9 Å². The Morgan fingerprint density at radius 3 is 2.65 bits per heavy atom. The Hall–Kier alpha value is -0.940. The van der Waals surface area contributed by atoms with E-state index in [0.717, 1.165) is 18.7 Å². The average molecular weight is 241 g/mol. The molecule has 0 amide bonds. The van der Waals surface area contributed by atoms with Gasteiger partial charge in [-0.3, -0.25) is 0 Å². The minimum Gasteiger partial charge on any atom is -0.380 e. The highest BCUT2D eigenvalue weighted by molar-refractivity contribution is 4.89. The smallest absolute Gasteiger partial charge is 0.229 e. The standard InChI is InChI=1S/C12H23N3O2/c1-12(2,3)6-5-10-14-11(17-15-10)7-9(8-13)16-4/h9H,5-8,13H2,1-4H3. The Kier molecular flexibility index (Phi) is 5.08. The zero-order valence-corrected chi connectivity index (χ0v) is 11.2. The lowest BCUT2D eigenvalue weighted by atomic mass is 9.90. The highest BCUT2D eigenvalue weighted by Gasteiger charge is 2.15. The molecule has 98 valence electrons. The van der Waals surface area contributed by atoms with Gasteiger partial charge in [0.05, 0.1) is 12.5 Å². The summed E-state index contributed by atoms with van der Waals surface area (Å²) in [5, 5.41) is 3.96. The summed E-state index contributed by atoms with van der Waals surface area (Å²) in [4.78, 5) is 4.34. The van der Waals surface area contributed by atoms with E-state index >= 15 is 0 Å². The van der Waals surface area contributed by atoms with Crippen molar-refractivity contribution in [2.45, 2.75) is 46.1 Å². The van der Waals surface area contributed by atoms with Gasteiger partial charge < -0.3 is 15.0 Å². The summed E-state index contributed by atoms with van der Waals surface area (Å²) in [5.41, 5.74) is 5.82. The summed E-state index contributed by atoms with van der Waals surface area (Å²) in [6, 6.07) is 0. The van der Waals surface area contributed by atoms with Crippen molar-refractivity contribution in [3.63, 3.8) is 0 Å². The molecule has 1 rings (SSSR count). The van der Waals surface area contributed by atoms with Crippen molar-refractivity contribution in [1.29, 1.82) is 0 Å². The Bertz CT molecular complexity index is 327. The van der Waals surface area contributed by atoms with E-state index in [0.29, 0.717) is 18.9 Å². The maximum Gasteiger partial charge on any atom is 0.229 e. The van der Waals surface area contributed by atoms with E-state index in [1.165, 1.54) is 0 Å². The van der Waals surface area contributed by atoms with Gasteiger partial charge in [0.2, 0.25) is 5.89 Å². The second-order valence-electron chi connectivity index (χ2n) is 5.46. The highest BCUT2D eigenvalue weighted by Crippen LogP contribution is 2.20. The van der Waals surface area contributed by atoms with Crippen molar-refractivity contribution in [2.24, 2.45) is 11.1 Å². The molecule has 0 fully saturated rings. The van der Waals surface area contributed by atoms with Gasteiger partial charge in [0.1, 0.15) is 0 Å². The van der Waals surface area contributed by atoms with Gasteiger partial charge in [0.15, 0.2) is 5.82 Å². The molecular weight excluding hydrogens is 218 g/mol. The van der Waals surface area contributed by atoms with Crippen molar-refractivity contribution >= 4 is 0 Å². The fourth-order valence-electron chi connectivity index (χ4n) is 1.42. The summed E-state index contributed by atoms with van der Waals surface area (Å²) in [6.45, 7) is 7.05. The van der Waals surface area contributed by atoms with Gasteiger partial charge in [-0.05, 0) is 11.8 Å². The first-order valence-electron chi connectivity index (χ1n) is 5.99. The minimum atomic E-state index is -0.0501. The number of rotatable bonds is 6. The van der Waals surface area contributed by atoms with Crippen LogP contribution in [-0.2, 0) is 17.6 Å². The SMILES string of the molecule is COC(CN)Cc1nc(CCC(C)(C)C)no1. The number of methoxy groups -OCH3 is 1. The zero-order chi connectivity index (χ0) is 12.9. The Morgan fingerprint density at radius 2 is 2.12 bits per heavy atom. The molecule has 1 aromatic heterocycles. The van der Waals surface area contributed by atoms with Crippen LogP contribution in [0.3, 0.4) is 0 Å². The first-order valence-corrected chi connectivity index (χ1v) is 5.99. The number of hydrogen-bond donors (Lipinski definition) is 1. The number of nitrogens with two attached hydrogens (primary N) is 1. The third-order valence-electron chi connectivity index (χ3n) is 2.61. The topological polar surface area (TPSA) is 74.2 Å². The molecule has 0 aliphatic rings. The summed E-state index contributed by atoms with van der Waals surface area (Å²) in [5.74, 6) is 1.37. The van der Waals surface area contributed by atoms with E-state index < -0.39 is 0 Å². The normalized spacial score (nSPS) is 13.9. The minimum absolute atomic E-state index is 0.0501. The van der Waals surface area contributed by atoms with Crippen LogP contribution in [0, 0.1) is 5.41 Å². The number of aromatic nitrogens is 2. The quantitative estimate of drug-likeness (QED) is 0.818. The van der Waals surface area contributed by atoms with Crippen LogP contribution in [0.1, 0.15) is 38.9 Å². The lowest BCUT2D eigenvalue weighted by molar-refractivity contribution is 0.102. The highest BCUT2D eigenvalue weighted by atomic mass is 16.5. The van der Waals surface area contributed by atoms with E-state index in [1.54, 1.807) is 7.11 Å². The molecule has 0 saturated carbocycles. The molecule has 0 radical (unpaired) electrons. The molecular formula is C12H23N3O2. The van der Waals surface area contributed by atoms with Crippen LogP contribution in [0.15, 0.2) is 4.52 Å². The van der Waals surface area contributed by atoms with Crippen LogP contribution in [-0.4, -0.2) is 29.9 Å². The number of aryl methyl sites for hydroxylation is 1. The van der Waals surface area contributed by atoms with Crippen LogP contribution < -0.4 is 5.73 Å². The van der Waals surface area contributed by atoms with Gasteiger partial charge >= 0.3 is 0 Å². The summed E-state index contributed by atoms with van der Waals surface area (Å²) < 4.78 is 10.3. The summed E-state index contributed by atoms with van der Waals surface area (Å²) >= 11 is 0. The molecule has 0 aliphatic heterocycles. The predicted octanol–water partition coefficient (Wildman–Crippen LogP) is 1.56. The summed E-state index contributed by atoms with van der Waals surface area (Å²) in [7, 11) is 1.63. The first-order chi connectivity index (χ1) is 7.94. The Labute approximate surface area is 103 Å². The molecule has 5 nitrogen and oxygen atoms in total. The van der Waals surface area contributed by atoms with Gasteiger partial charge in [-0.1, -0.05) is 25.9 Å². The van der Waals surface area contributed by atoms with E-state index in [4.69, 9.17) is 15.0 Å². The second-order valence-corrected chi connectivity index (χ2v) is 5.46. The molecule has 1 unspecified atom stereocenters. The Balaban J connectivity index is 2.48. The zero-order valence-electron chi connectivity index (χ0n) is 11.2. The molecule has 0 saturated heterocycles. The molecule has 1 aromatic rings. The summed E-state index contributed by atoms with van der Waals surface area (Å²) in [6.07, 6.45) is 2.41. The first kappa shape index (κ1) is 14.1. The molecule has 0 aromatic carbocycles. The lowest BCUT2D eigenvalue weighted by Crippen LogP contribution is -2.24. The third-order valence-corrected chi connectivity index (χ3v) is 2.61. The number of ether oxygens (including phenoxy) is 1. The van der Waals surface area contributed by atoms with Crippen LogP contribution in [0.25, 0.3) is 0 Å². The molecule has 0 aliphatic carbocycles. The average Bonchev–Trinajstić information content (AvgIpc) is 2.70. The van der Waals surface area contributed by atoms with Crippen LogP contribution >= 0.6 is 0 Å². The largest absolute Gasteiger partial charge is 0.380 e. The molecule has 5 heteroatoms. The molecule has 0 bridgehead atoms. The fraction of sp³-hybridized carbons (Fsp3) is 0.833. The van der Waals surface area contributed by atoms with Gasteiger partial charge in [0.25, 0.3) is 0 Å².